The predicted molar refractivity (Wildman–Crippen MR) is 144 cm³/mol. The molecule has 0 radical (unpaired) electrons. The SMILES string of the molecule is C/C(=N\OCc1nc2c3c(ncn2n1)Oc1c(ccc2ccccc12)[C@@H]3c1ccccc1)c1cccs1. The highest BCUT2D eigenvalue weighted by molar-refractivity contribution is 7.12. The van der Waals surface area contributed by atoms with Gasteiger partial charge in [0.15, 0.2) is 18.1 Å². The number of oxime groups is 1. The van der Waals surface area contributed by atoms with Gasteiger partial charge in [-0.15, -0.1) is 16.4 Å². The Morgan fingerprint density at radius 3 is 2.76 bits per heavy atom. The number of ether oxygens (including phenoxy) is 1. The van der Waals surface area contributed by atoms with E-state index >= 15 is 0 Å². The van der Waals surface area contributed by atoms with Crippen LogP contribution < -0.4 is 4.74 Å². The van der Waals surface area contributed by atoms with Crippen LogP contribution in [-0.2, 0) is 11.4 Å². The van der Waals surface area contributed by atoms with Gasteiger partial charge >= 0.3 is 0 Å². The molecule has 1 atom stereocenters. The van der Waals surface area contributed by atoms with Crippen LogP contribution in [0, 0.1) is 0 Å². The molecule has 0 saturated heterocycles. The summed E-state index contributed by atoms with van der Waals surface area (Å²) < 4.78 is 8.16. The summed E-state index contributed by atoms with van der Waals surface area (Å²) in [6.45, 7) is 2.07. The molecule has 3 aromatic heterocycles. The molecule has 8 heteroatoms. The van der Waals surface area contributed by atoms with Crippen LogP contribution in [0.3, 0.4) is 0 Å². The fourth-order valence-electron chi connectivity index (χ4n) is 4.86. The van der Waals surface area contributed by atoms with E-state index in [0.717, 1.165) is 43.8 Å². The minimum Gasteiger partial charge on any atom is -0.438 e. The lowest BCUT2D eigenvalue weighted by Crippen LogP contribution is -2.15. The molecule has 1 aliphatic heterocycles. The molecule has 0 N–H and O–H groups in total. The van der Waals surface area contributed by atoms with Crippen LogP contribution in [0.2, 0.25) is 0 Å². The summed E-state index contributed by atoms with van der Waals surface area (Å²) in [7, 11) is 0. The minimum atomic E-state index is -0.113. The Kier molecular flexibility index (Phi) is 5.18. The predicted octanol–water partition coefficient (Wildman–Crippen LogP) is 6.57. The number of thiophene rings is 1. The summed E-state index contributed by atoms with van der Waals surface area (Å²) >= 11 is 1.62. The largest absolute Gasteiger partial charge is 0.438 e. The Bertz CT molecular complexity index is 1780. The number of hydrogen-bond acceptors (Lipinski definition) is 7. The molecule has 0 saturated carbocycles. The lowest BCUT2D eigenvalue weighted by Gasteiger charge is -2.28. The molecule has 0 bridgehead atoms. The first-order valence-electron chi connectivity index (χ1n) is 12.0. The maximum atomic E-state index is 6.47. The summed E-state index contributed by atoms with van der Waals surface area (Å²) in [5.41, 5.74) is 4.60. The quantitative estimate of drug-likeness (QED) is 0.196. The zero-order valence-corrected chi connectivity index (χ0v) is 20.7. The molecule has 180 valence electrons. The molecule has 0 spiro atoms. The second-order valence-corrected chi connectivity index (χ2v) is 9.79. The summed E-state index contributed by atoms with van der Waals surface area (Å²) in [5, 5.41) is 13.0. The summed E-state index contributed by atoms with van der Waals surface area (Å²) in [5.74, 6) is 1.78. The van der Waals surface area contributed by atoms with E-state index in [-0.39, 0.29) is 12.5 Å². The van der Waals surface area contributed by atoms with Crippen molar-refractivity contribution in [3.8, 4) is 11.6 Å². The van der Waals surface area contributed by atoms with Crippen molar-refractivity contribution in [2.24, 2.45) is 5.16 Å². The van der Waals surface area contributed by atoms with Crippen molar-refractivity contribution in [1.82, 2.24) is 19.6 Å². The Labute approximate surface area is 216 Å². The highest BCUT2D eigenvalue weighted by Crippen LogP contribution is 2.50. The van der Waals surface area contributed by atoms with Crippen LogP contribution in [0.25, 0.3) is 16.4 Å². The van der Waals surface area contributed by atoms with E-state index < -0.39 is 0 Å². The first-order chi connectivity index (χ1) is 18.3. The molecule has 37 heavy (non-hydrogen) atoms. The van der Waals surface area contributed by atoms with E-state index in [2.05, 4.69) is 63.8 Å². The third-order valence-corrected chi connectivity index (χ3v) is 7.52. The number of nitrogens with zero attached hydrogens (tertiary/aromatic N) is 5. The van der Waals surface area contributed by atoms with Crippen molar-refractivity contribution >= 4 is 33.5 Å². The minimum absolute atomic E-state index is 0.113. The smallest absolute Gasteiger partial charge is 0.228 e. The van der Waals surface area contributed by atoms with Gasteiger partial charge in [-0.2, -0.15) is 0 Å². The van der Waals surface area contributed by atoms with E-state index in [4.69, 9.17) is 14.6 Å². The van der Waals surface area contributed by atoms with Crippen LogP contribution in [0.5, 0.6) is 11.6 Å². The van der Waals surface area contributed by atoms with Crippen LogP contribution in [0.15, 0.2) is 95.7 Å². The average Bonchev–Trinajstić information content (AvgIpc) is 3.63. The monoisotopic (exact) mass is 503 g/mol. The maximum Gasteiger partial charge on any atom is 0.228 e. The second kappa shape index (κ2) is 8.83. The Balaban J connectivity index is 1.33. The molecule has 1 aliphatic rings. The van der Waals surface area contributed by atoms with Crippen molar-refractivity contribution in [3.05, 3.63) is 118 Å². The summed E-state index contributed by atoms with van der Waals surface area (Å²) in [4.78, 5) is 16.2. The molecule has 0 amide bonds. The summed E-state index contributed by atoms with van der Waals surface area (Å²) in [6, 6.07) is 26.9. The standard InChI is InChI=1S/C29H21N5O2S/c1-18(23-12-7-15-37-23)33-35-16-24-31-28-26-25(20-9-3-2-4-10-20)22-14-13-19-8-5-6-11-21(19)27(22)36-29(26)30-17-34(28)32-24/h2-15,17,25H,16H2,1H3/b33-18+/t25-/m0/s1. The molecular formula is C29H21N5O2S. The van der Waals surface area contributed by atoms with E-state index in [1.807, 2.05) is 42.6 Å². The summed E-state index contributed by atoms with van der Waals surface area (Å²) in [6.07, 6.45) is 1.64. The lowest BCUT2D eigenvalue weighted by atomic mass is 9.83. The van der Waals surface area contributed by atoms with Gasteiger partial charge in [0.2, 0.25) is 5.88 Å². The van der Waals surface area contributed by atoms with E-state index in [9.17, 15) is 0 Å². The number of aromatic nitrogens is 4. The molecule has 0 fully saturated rings. The molecular weight excluding hydrogens is 482 g/mol. The topological polar surface area (TPSA) is 73.9 Å². The van der Waals surface area contributed by atoms with Crippen LogP contribution >= 0.6 is 11.3 Å². The fraction of sp³-hybridized carbons (Fsp3) is 0.103. The number of benzene rings is 3. The van der Waals surface area contributed by atoms with Gasteiger partial charge in [-0.05, 0) is 29.3 Å². The fourth-order valence-corrected chi connectivity index (χ4v) is 5.53. The molecule has 7 nitrogen and oxygen atoms in total. The molecule has 7 rings (SSSR count). The normalized spacial score (nSPS) is 14.8. The zero-order valence-electron chi connectivity index (χ0n) is 19.9. The van der Waals surface area contributed by atoms with Gasteiger partial charge in [0.05, 0.1) is 16.2 Å². The maximum absolute atomic E-state index is 6.47. The van der Waals surface area contributed by atoms with Crippen molar-refractivity contribution in [2.45, 2.75) is 19.4 Å². The van der Waals surface area contributed by atoms with Crippen LogP contribution in [0.4, 0.5) is 0 Å². The third kappa shape index (κ3) is 3.73. The lowest BCUT2D eigenvalue weighted by molar-refractivity contribution is 0.125. The van der Waals surface area contributed by atoms with Gasteiger partial charge < -0.3 is 9.57 Å². The van der Waals surface area contributed by atoms with E-state index in [0.29, 0.717) is 17.4 Å². The molecule has 4 heterocycles. The van der Waals surface area contributed by atoms with Gasteiger partial charge in [-0.1, -0.05) is 78.0 Å². The highest BCUT2D eigenvalue weighted by atomic mass is 32.1. The van der Waals surface area contributed by atoms with Gasteiger partial charge in [0.25, 0.3) is 0 Å². The van der Waals surface area contributed by atoms with Crippen molar-refractivity contribution in [2.75, 3.05) is 0 Å². The van der Waals surface area contributed by atoms with Gasteiger partial charge in [-0.3, -0.25) is 0 Å². The highest BCUT2D eigenvalue weighted by Gasteiger charge is 2.34. The van der Waals surface area contributed by atoms with E-state index in [1.54, 1.807) is 22.2 Å². The Morgan fingerprint density at radius 2 is 1.89 bits per heavy atom. The number of hydrogen-bond donors (Lipinski definition) is 0. The van der Waals surface area contributed by atoms with Gasteiger partial charge in [0.1, 0.15) is 12.1 Å². The molecule has 3 aromatic carbocycles. The second-order valence-electron chi connectivity index (χ2n) is 8.84. The van der Waals surface area contributed by atoms with Gasteiger partial charge in [-0.25, -0.2) is 14.5 Å². The molecule has 0 unspecified atom stereocenters. The van der Waals surface area contributed by atoms with Crippen LogP contribution in [-0.4, -0.2) is 25.3 Å². The van der Waals surface area contributed by atoms with E-state index in [1.165, 1.54) is 0 Å². The third-order valence-electron chi connectivity index (χ3n) is 6.55. The van der Waals surface area contributed by atoms with Crippen molar-refractivity contribution in [3.63, 3.8) is 0 Å². The Hall–Kier alpha value is -4.56. The molecule has 6 aromatic rings. The first-order valence-corrected chi connectivity index (χ1v) is 12.8. The number of rotatable bonds is 5. The van der Waals surface area contributed by atoms with Crippen molar-refractivity contribution in [1.29, 1.82) is 0 Å². The zero-order chi connectivity index (χ0) is 24.8. The molecule has 0 aliphatic carbocycles. The van der Waals surface area contributed by atoms with Crippen molar-refractivity contribution < 1.29 is 9.57 Å². The number of fused-ring (bicyclic) bond motifs is 6. The Morgan fingerprint density at radius 1 is 1.03 bits per heavy atom. The first kappa shape index (κ1) is 21.7. The van der Waals surface area contributed by atoms with Crippen LogP contribution in [0.1, 0.15) is 40.2 Å². The average molecular weight is 504 g/mol. The van der Waals surface area contributed by atoms with Gasteiger partial charge in [0, 0.05) is 16.9 Å².